The van der Waals surface area contributed by atoms with Crippen LogP contribution in [-0.4, -0.2) is 41.0 Å². The second-order valence-electron chi connectivity index (χ2n) is 7.76. The standard InChI is InChI=1S/C19H25Cl2N5OSi/c1-5-25(18-15(20)12-22-19(21)24-18)16-7-6-8-17-14(16)11-23-26(17)13-27-9-10-28(2,3)4/h6-8,11-12H,5,9-10,13H2,1-4H3. The van der Waals surface area contributed by atoms with Crippen LogP contribution in [0.2, 0.25) is 36.0 Å². The van der Waals surface area contributed by atoms with E-state index in [0.717, 1.165) is 29.2 Å². The van der Waals surface area contributed by atoms with E-state index < -0.39 is 8.07 Å². The summed E-state index contributed by atoms with van der Waals surface area (Å²) < 4.78 is 7.75. The lowest BCUT2D eigenvalue weighted by Gasteiger charge is -2.23. The summed E-state index contributed by atoms with van der Waals surface area (Å²) >= 11 is 12.3. The van der Waals surface area contributed by atoms with Crippen molar-refractivity contribution >= 4 is 53.7 Å². The molecule has 0 unspecified atom stereocenters. The van der Waals surface area contributed by atoms with E-state index in [1.807, 2.05) is 40.9 Å². The third kappa shape index (κ3) is 4.83. The van der Waals surface area contributed by atoms with E-state index in [2.05, 4.69) is 34.7 Å². The highest BCUT2D eigenvalue weighted by Crippen LogP contribution is 2.34. The summed E-state index contributed by atoms with van der Waals surface area (Å²) in [6, 6.07) is 7.19. The van der Waals surface area contributed by atoms with E-state index in [0.29, 0.717) is 24.1 Å². The number of hydrogen-bond acceptors (Lipinski definition) is 5. The quantitative estimate of drug-likeness (QED) is 0.260. The van der Waals surface area contributed by atoms with Crippen LogP contribution in [-0.2, 0) is 11.5 Å². The molecule has 3 rings (SSSR count). The summed E-state index contributed by atoms with van der Waals surface area (Å²) in [4.78, 5) is 10.3. The first-order valence-corrected chi connectivity index (χ1v) is 13.7. The molecule has 150 valence electrons. The molecule has 0 atom stereocenters. The van der Waals surface area contributed by atoms with Crippen LogP contribution < -0.4 is 4.90 Å². The minimum absolute atomic E-state index is 0.163. The molecule has 9 heteroatoms. The second-order valence-corrected chi connectivity index (χ2v) is 14.1. The van der Waals surface area contributed by atoms with Crippen molar-refractivity contribution in [1.82, 2.24) is 19.7 Å². The van der Waals surface area contributed by atoms with E-state index in [1.165, 1.54) is 6.20 Å². The lowest BCUT2D eigenvalue weighted by Crippen LogP contribution is -2.22. The molecule has 0 spiro atoms. The molecule has 0 radical (unpaired) electrons. The Morgan fingerprint density at radius 3 is 2.68 bits per heavy atom. The summed E-state index contributed by atoms with van der Waals surface area (Å²) in [5, 5.41) is 6.14. The van der Waals surface area contributed by atoms with Gasteiger partial charge in [-0.05, 0) is 36.7 Å². The van der Waals surface area contributed by atoms with Gasteiger partial charge in [0.05, 0.1) is 23.6 Å². The zero-order valence-corrected chi connectivity index (χ0v) is 19.1. The van der Waals surface area contributed by atoms with Crippen molar-refractivity contribution in [2.24, 2.45) is 0 Å². The molecule has 0 aliphatic carbocycles. The topological polar surface area (TPSA) is 56.1 Å². The smallest absolute Gasteiger partial charge is 0.224 e. The van der Waals surface area contributed by atoms with Crippen LogP contribution in [0.1, 0.15) is 6.92 Å². The van der Waals surface area contributed by atoms with Crippen molar-refractivity contribution in [3.63, 3.8) is 0 Å². The maximum Gasteiger partial charge on any atom is 0.224 e. The fourth-order valence-corrected chi connectivity index (χ4v) is 4.00. The third-order valence-corrected chi connectivity index (χ3v) is 6.59. The zero-order valence-electron chi connectivity index (χ0n) is 16.6. The predicted molar refractivity (Wildman–Crippen MR) is 119 cm³/mol. The lowest BCUT2D eigenvalue weighted by atomic mass is 10.2. The molecule has 0 saturated heterocycles. The normalized spacial score (nSPS) is 11.9. The molecule has 2 heterocycles. The van der Waals surface area contributed by atoms with Gasteiger partial charge in [-0.1, -0.05) is 37.3 Å². The molecule has 0 amide bonds. The Morgan fingerprint density at radius 1 is 1.18 bits per heavy atom. The number of hydrogen-bond donors (Lipinski definition) is 0. The van der Waals surface area contributed by atoms with Gasteiger partial charge in [-0.2, -0.15) is 10.1 Å². The van der Waals surface area contributed by atoms with Crippen LogP contribution in [0.5, 0.6) is 0 Å². The van der Waals surface area contributed by atoms with E-state index in [1.54, 1.807) is 0 Å². The minimum atomic E-state index is -1.11. The van der Waals surface area contributed by atoms with Gasteiger partial charge in [0.15, 0.2) is 5.82 Å². The Balaban J connectivity index is 1.88. The van der Waals surface area contributed by atoms with Gasteiger partial charge >= 0.3 is 0 Å². The first kappa shape index (κ1) is 21.0. The molecule has 0 bridgehead atoms. The van der Waals surface area contributed by atoms with E-state index in [4.69, 9.17) is 27.9 Å². The van der Waals surface area contributed by atoms with Gasteiger partial charge in [-0.25, -0.2) is 9.67 Å². The van der Waals surface area contributed by atoms with Crippen LogP contribution >= 0.6 is 23.2 Å². The number of nitrogens with zero attached hydrogens (tertiary/aromatic N) is 5. The number of aromatic nitrogens is 4. The first-order chi connectivity index (χ1) is 13.3. The number of halogens is 2. The predicted octanol–water partition coefficient (Wildman–Crippen LogP) is 5.60. The summed E-state index contributed by atoms with van der Waals surface area (Å²) in [7, 11) is -1.11. The molecule has 3 aromatic rings. The van der Waals surface area contributed by atoms with Gasteiger partial charge in [0.2, 0.25) is 5.28 Å². The van der Waals surface area contributed by atoms with Gasteiger partial charge in [0, 0.05) is 26.6 Å². The van der Waals surface area contributed by atoms with Gasteiger partial charge < -0.3 is 9.64 Å². The SMILES string of the molecule is CCN(c1nc(Cl)ncc1Cl)c1cccc2c1cnn2COCC[Si](C)(C)C. The Kier molecular flexibility index (Phi) is 6.60. The number of anilines is 2. The van der Waals surface area contributed by atoms with Crippen molar-refractivity contribution in [2.75, 3.05) is 18.1 Å². The van der Waals surface area contributed by atoms with Gasteiger partial charge in [0.25, 0.3) is 0 Å². The van der Waals surface area contributed by atoms with Crippen LogP contribution in [0.3, 0.4) is 0 Å². The zero-order chi connectivity index (χ0) is 20.3. The Labute approximate surface area is 176 Å². The summed E-state index contributed by atoms with van der Waals surface area (Å²) in [5.74, 6) is 0.579. The van der Waals surface area contributed by atoms with Gasteiger partial charge in [-0.3, -0.25) is 0 Å². The Morgan fingerprint density at radius 2 is 1.96 bits per heavy atom. The molecule has 6 nitrogen and oxygen atoms in total. The van der Waals surface area contributed by atoms with Crippen molar-refractivity contribution in [3.8, 4) is 0 Å². The monoisotopic (exact) mass is 437 g/mol. The summed E-state index contributed by atoms with van der Waals surface area (Å²) in [6.07, 6.45) is 3.37. The van der Waals surface area contributed by atoms with E-state index in [9.17, 15) is 0 Å². The average Bonchev–Trinajstić information content (AvgIpc) is 3.05. The largest absolute Gasteiger partial charge is 0.360 e. The molecular weight excluding hydrogens is 413 g/mol. The highest BCUT2D eigenvalue weighted by Gasteiger charge is 2.18. The number of ether oxygens (including phenoxy) is 1. The minimum Gasteiger partial charge on any atom is -0.360 e. The molecular formula is C19H25Cl2N5OSi. The van der Waals surface area contributed by atoms with Crippen LogP contribution in [0.25, 0.3) is 10.9 Å². The van der Waals surface area contributed by atoms with Crippen molar-refractivity contribution in [2.45, 2.75) is 39.3 Å². The average molecular weight is 438 g/mol. The van der Waals surface area contributed by atoms with Gasteiger partial charge in [0.1, 0.15) is 11.8 Å². The van der Waals surface area contributed by atoms with Crippen LogP contribution in [0.4, 0.5) is 11.5 Å². The van der Waals surface area contributed by atoms with Crippen molar-refractivity contribution in [3.05, 3.63) is 40.9 Å². The van der Waals surface area contributed by atoms with Crippen LogP contribution in [0.15, 0.2) is 30.6 Å². The number of benzene rings is 1. The molecule has 0 aliphatic heterocycles. The third-order valence-electron chi connectivity index (χ3n) is 4.43. The highest BCUT2D eigenvalue weighted by molar-refractivity contribution is 6.76. The Hall–Kier alpha value is -1.67. The fraction of sp³-hybridized carbons (Fsp3) is 0.421. The number of rotatable bonds is 8. The van der Waals surface area contributed by atoms with Gasteiger partial charge in [-0.15, -0.1) is 0 Å². The molecule has 0 aliphatic rings. The molecule has 2 aromatic heterocycles. The van der Waals surface area contributed by atoms with E-state index in [-0.39, 0.29) is 5.28 Å². The summed E-state index contributed by atoms with van der Waals surface area (Å²) in [6.45, 7) is 10.9. The van der Waals surface area contributed by atoms with E-state index >= 15 is 0 Å². The second kappa shape index (κ2) is 8.78. The van der Waals surface area contributed by atoms with Crippen molar-refractivity contribution in [1.29, 1.82) is 0 Å². The molecule has 28 heavy (non-hydrogen) atoms. The van der Waals surface area contributed by atoms with Crippen molar-refractivity contribution < 1.29 is 4.74 Å². The summed E-state index contributed by atoms with van der Waals surface area (Å²) in [5.41, 5.74) is 1.96. The van der Waals surface area contributed by atoms with Crippen LogP contribution in [0, 0.1) is 0 Å². The fourth-order valence-electron chi connectivity index (χ4n) is 2.92. The molecule has 0 saturated carbocycles. The maximum atomic E-state index is 6.33. The molecule has 0 N–H and O–H groups in total. The Bertz CT molecular complexity index is 957. The number of fused-ring (bicyclic) bond motifs is 1. The lowest BCUT2D eigenvalue weighted by molar-refractivity contribution is 0.0817. The molecule has 0 fully saturated rings. The molecule has 1 aromatic carbocycles. The highest BCUT2D eigenvalue weighted by atomic mass is 35.5. The first-order valence-electron chi connectivity index (χ1n) is 9.28. The maximum absolute atomic E-state index is 6.33.